The third kappa shape index (κ3) is 4.58. The van der Waals surface area contributed by atoms with Crippen LogP contribution >= 0.6 is 0 Å². The minimum Gasteiger partial charge on any atom is -0.353 e. The molecule has 202 valence electrons. The lowest BCUT2D eigenvalue weighted by atomic mass is 9.84. The van der Waals surface area contributed by atoms with Crippen molar-refractivity contribution in [3.05, 3.63) is 84.2 Å². The molecule has 0 amide bonds. The minimum absolute atomic E-state index is 0.312. The van der Waals surface area contributed by atoms with Crippen molar-refractivity contribution in [3.8, 4) is 17.2 Å². The fourth-order valence-corrected chi connectivity index (χ4v) is 5.90. The number of aryl methyl sites for hydroxylation is 2. The smallest absolute Gasteiger partial charge is 0.163 e. The van der Waals surface area contributed by atoms with Crippen molar-refractivity contribution in [2.24, 2.45) is 0 Å². The molecule has 5 aromatic heterocycles. The Bertz CT molecular complexity index is 1600. The van der Waals surface area contributed by atoms with Gasteiger partial charge in [-0.3, -0.25) is 10.00 Å². The van der Waals surface area contributed by atoms with Gasteiger partial charge in [0.2, 0.25) is 0 Å². The van der Waals surface area contributed by atoms with Gasteiger partial charge in [-0.25, -0.2) is 24.6 Å². The topological polar surface area (TPSA) is 117 Å². The number of piperidine rings is 1. The molecule has 8 rings (SSSR count). The first kappa shape index (κ1) is 24.4. The summed E-state index contributed by atoms with van der Waals surface area (Å²) in [6.45, 7) is 8.13. The van der Waals surface area contributed by atoms with Crippen LogP contribution in [0.2, 0.25) is 0 Å². The molecular formula is C29H31N11. The summed E-state index contributed by atoms with van der Waals surface area (Å²) in [7, 11) is 0. The Morgan fingerprint density at radius 3 is 2.45 bits per heavy atom. The van der Waals surface area contributed by atoms with E-state index in [1.165, 1.54) is 12.0 Å². The molecule has 11 heteroatoms. The largest absolute Gasteiger partial charge is 0.353 e. The number of hydrogen-bond donors (Lipinski definition) is 2. The van der Waals surface area contributed by atoms with Crippen LogP contribution in [-0.2, 0) is 0 Å². The van der Waals surface area contributed by atoms with Gasteiger partial charge in [0.15, 0.2) is 17.5 Å². The van der Waals surface area contributed by atoms with Crippen molar-refractivity contribution >= 4 is 17.5 Å². The summed E-state index contributed by atoms with van der Waals surface area (Å²) < 4.78 is 1.78. The Morgan fingerprint density at radius 1 is 0.950 bits per heavy atom. The SMILES string of the molecule is Cc1cc(Nc2cc(C)[nH]n2)nc(-c2ccc(N3CC4CC(C3)N4[C@@H](C)c3ccc(-n4cccn4)nc3)nc2)n1. The van der Waals surface area contributed by atoms with Crippen molar-refractivity contribution in [1.82, 2.24) is 44.8 Å². The van der Waals surface area contributed by atoms with Gasteiger partial charge in [0, 0.05) is 85.1 Å². The second-order valence-electron chi connectivity index (χ2n) is 10.7. The zero-order valence-electron chi connectivity index (χ0n) is 22.7. The van der Waals surface area contributed by atoms with E-state index < -0.39 is 0 Å². The van der Waals surface area contributed by atoms with Gasteiger partial charge in [-0.15, -0.1) is 0 Å². The molecule has 8 heterocycles. The van der Waals surface area contributed by atoms with Crippen molar-refractivity contribution in [3.63, 3.8) is 0 Å². The first-order valence-electron chi connectivity index (χ1n) is 13.6. The number of anilines is 3. The number of H-pyrrole nitrogens is 1. The molecule has 3 saturated heterocycles. The summed E-state index contributed by atoms with van der Waals surface area (Å²) in [6, 6.07) is 15.4. The number of piperazine rings is 1. The molecule has 11 nitrogen and oxygen atoms in total. The van der Waals surface area contributed by atoms with Crippen molar-refractivity contribution < 1.29 is 0 Å². The summed E-state index contributed by atoms with van der Waals surface area (Å²) in [5, 5.41) is 14.7. The van der Waals surface area contributed by atoms with Gasteiger partial charge in [0.25, 0.3) is 0 Å². The van der Waals surface area contributed by atoms with Crippen LogP contribution in [0.15, 0.2) is 67.3 Å². The van der Waals surface area contributed by atoms with Crippen molar-refractivity contribution in [2.75, 3.05) is 23.3 Å². The predicted molar refractivity (Wildman–Crippen MR) is 153 cm³/mol. The summed E-state index contributed by atoms with van der Waals surface area (Å²) in [4.78, 5) is 23.8. The zero-order chi connectivity index (χ0) is 27.2. The average molecular weight is 534 g/mol. The Kier molecular flexibility index (Phi) is 6.00. The summed E-state index contributed by atoms with van der Waals surface area (Å²) in [5.74, 6) is 3.90. The first-order chi connectivity index (χ1) is 19.5. The number of aromatic nitrogens is 8. The lowest BCUT2D eigenvalue weighted by Crippen LogP contribution is -2.69. The van der Waals surface area contributed by atoms with Gasteiger partial charge < -0.3 is 10.2 Å². The standard InChI is InChI=1S/C29H31N11/c1-18-11-25(34-26-12-19(2)36-37-26)35-29(33-18)22-6-7-27(30-15-22)38-16-23-13-24(17-38)40(23)20(3)21-5-8-28(31-14-21)39-10-4-9-32-39/h4-12,14-15,20,23-24H,13,16-17H2,1-3H3,(H2,33,34,35,36,37)/t20-,23?,24?/m0/s1. The highest BCUT2D eigenvalue weighted by molar-refractivity contribution is 5.61. The predicted octanol–water partition coefficient (Wildman–Crippen LogP) is 4.23. The van der Waals surface area contributed by atoms with E-state index in [2.05, 4.69) is 65.5 Å². The molecule has 2 bridgehead atoms. The average Bonchev–Trinajstić information content (AvgIpc) is 3.65. The Morgan fingerprint density at radius 2 is 1.77 bits per heavy atom. The fraction of sp³-hybridized carbons (Fsp3) is 0.310. The van der Waals surface area contributed by atoms with Crippen LogP contribution < -0.4 is 10.2 Å². The molecule has 0 saturated carbocycles. The molecule has 3 atom stereocenters. The third-order valence-corrected chi connectivity index (χ3v) is 7.84. The fourth-order valence-electron chi connectivity index (χ4n) is 5.90. The summed E-state index contributed by atoms with van der Waals surface area (Å²) in [6.07, 6.45) is 8.76. The number of nitrogens with zero attached hydrogens (tertiary/aromatic N) is 9. The zero-order valence-corrected chi connectivity index (χ0v) is 22.7. The van der Waals surface area contributed by atoms with E-state index in [0.29, 0.717) is 29.8 Å². The van der Waals surface area contributed by atoms with Gasteiger partial charge >= 0.3 is 0 Å². The molecule has 40 heavy (non-hydrogen) atoms. The molecule has 3 aliphatic heterocycles. The van der Waals surface area contributed by atoms with Crippen LogP contribution in [0.5, 0.6) is 0 Å². The molecule has 0 radical (unpaired) electrons. The van der Waals surface area contributed by atoms with Gasteiger partial charge in [-0.2, -0.15) is 10.2 Å². The highest BCUT2D eigenvalue weighted by atomic mass is 15.4. The van der Waals surface area contributed by atoms with E-state index in [1.54, 1.807) is 10.9 Å². The van der Waals surface area contributed by atoms with Crippen molar-refractivity contribution in [2.45, 2.75) is 45.3 Å². The van der Waals surface area contributed by atoms with E-state index in [4.69, 9.17) is 9.97 Å². The van der Waals surface area contributed by atoms with Crippen LogP contribution in [0.1, 0.15) is 36.3 Å². The molecule has 2 N–H and O–H groups in total. The maximum absolute atomic E-state index is 4.81. The minimum atomic E-state index is 0.312. The second kappa shape index (κ2) is 9.83. The van der Waals surface area contributed by atoms with Crippen LogP contribution in [0.25, 0.3) is 17.2 Å². The van der Waals surface area contributed by atoms with Crippen LogP contribution in [0.4, 0.5) is 17.5 Å². The lowest BCUT2D eigenvalue weighted by Gasteiger charge is -2.59. The van der Waals surface area contributed by atoms with Gasteiger partial charge in [0.1, 0.15) is 11.6 Å². The molecular weight excluding hydrogens is 502 g/mol. The first-order valence-corrected chi connectivity index (χ1v) is 13.6. The van der Waals surface area contributed by atoms with E-state index in [1.807, 2.05) is 56.7 Å². The van der Waals surface area contributed by atoms with Crippen molar-refractivity contribution in [1.29, 1.82) is 0 Å². The van der Waals surface area contributed by atoms with Gasteiger partial charge in [-0.05, 0) is 57.0 Å². The van der Waals surface area contributed by atoms with Crippen LogP contribution in [-0.4, -0.2) is 70.0 Å². The van der Waals surface area contributed by atoms with Crippen LogP contribution in [0, 0.1) is 13.8 Å². The Labute approximate surface area is 232 Å². The Hall–Kier alpha value is -4.64. The number of aromatic amines is 1. The quantitative estimate of drug-likeness (QED) is 0.317. The molecule has 2 unspecified atom stereocenters. The van der Waals surface area contributed by atoms with E-state index in [9.17, 15) is 0 Å². The van der Waals surface area contributed by atoms with Crippen LogP contribution in [0.3, 0.4) is 0 Å². The molecule has 3 aliphatic rings. The normalized spacial score (nSPS) is 19.3. The maximum atomic E-state index is 4.81. The molecule has 0 spiro atoms. The number of fused-ring (bicyclic) bond motifs is 2. The van der Waals surface area contributed by atoms with Gasteiger partial charge in [-0.1, -0.05) is 6.07 Å². The lowest BCUT2D eigenvalue weighted by molar-refractivity contribution is -0.0344. The number of hydrogen-bond acceptors (Lipinski definition) is 9. The number of nitrogens with one attached hydrogen (secondary N) is 2. The van der Waals surface area contributed by atoms with Gasteiger partial charge in [0.05, 0.1) is 0 Å². The van der Waals surface area contributed by atoms with E-state index in [0.717, 1.165) is 47.5 Å². The summed E-state index contributed by atoms with van der Waals surface area (Å²) >= 11 is 0. The summed E-state index contributed by atoms with van der Waals surface area (Å²) in [5.41, 5.74) is 3.98. The molecule has 0 aromatic carbocycles. The highest BCUT2D eigenvalue weighted by Crippen LogP contribution is 2.40. The number of rotatable bonds is 7. The van der Waals surface area contributed by atoms with E-state index in [-0.39, 0.29) is 0 Å². The number of pyridine rings is 2. The maximum Gasteiger partial charge on any atom is 0.163 e. The monoisotopic (exact) mass is 533 g/mol. The van der Waals surface area contributed by atoms with E-state index >= 15 is 0 Å². The highest BCUT2D eigenvalue weighted by Gasteiger charge is 2.47. The molecule has 0 aliphatic carbocycles. The third-order valence-electron chi connectivity index (χ3n) is 7.84. The molecule has 5 aromatic rings. The molecule has 3 fully saturated rings. The Balaban J connectivity index is 1.01. The second-order valence-corrected chi connectivity index (χ2v) is 10.7.